The van der Waals surface area contributed by atoms with Crippen molar-refractivity contribution in [2.75, 3.05) is 31.2 Å². The van der Waals surface area contributed by atoms with E-state index in [9.17, 15) is 18.3 Å². The van der Waals surface area contributed by atoms with Crippen molar-refractivity contribution >= 4 is 29.3 Å². The van der Waals surface area contributed by atoms with E-state index in [1.54, 1.807) is 12.1 Å². The number of pyridine rings is 1. The maximum atomic E-state index is 13.3. The molecule has 7 nitrogen and oxygen atoms in total. The molecular formula is C16H15ClF3N5O2. The molecule has 11 heteroatoms. The van der Waals surface area contributed by atoms with E-state index in [2.05, 4.69) is 19.9 Å². The third-order valence-electron chi connectivity index (χ3n) is 4.20. The molecule has 4 rings (SSSR count). The maximum absolute atomic E-state index is 13.3. The van der Waals surface area contributed by atoms with Gasteiger partial charge >= 0.3 is 12.2 Å². The van der Waals surface area contributed by atoms with Crippen molar-refractivity contribution in [3.8, 4) is 17.3 Å². The van der Waals surface area contributed by atoms with Crippen LogP contribution in [0.25, 0.3) is 22.3 Å². The largest absolute Gasteiger partial charge is 0.479 e. The summed E-state index contributed by atoms with van der Waals surface area (Å²) < 4.78 is 45.1. The van der Waals surface area contributed by atoms with Crippen LogP contribution in [0.5, 0.6) is 6.01 Å². The molecule has 0 spiro atoms. The van der Waals surface area contributed by atoms with Crippen molar-refractivity contribution < 1.29 is 23.0 Å². The van der Waals surface area contributed by atoms with Crippen molar-refractivity contribution in [1.29, 1.82) is 0 Å². The molecule has 0 unspecified atom stereocenters. The van der Waals surface area contributed by atoms with Gasteiger partial charge in [0.05, 0.1) is 18.9 Å². The van der Waals surface area contributed by atoms with Gasteiger partial charge in [0.1, 0.15) is 17.0 Å². The van der Waals surface area contributed by atoms with Gasteiger partial charge in [-0.1, -0.05) is 0 Å². The predicted octanol–water partition coefficient (Wildman–Crippen LogP) is 3.00. The van der Waals surface area contributed by atoms with Gasteiger partial charge in [-0.3, -0.25) is 0 Å². The number of fused-ring (bicyclic) bond motifs is 1. The van der Waals surface area contributed by atoms with Crippen LogP contribution in [-0.2, 0) is 10.9 Å². The van der Waals surface area contributed by atoms with Crippen LogP contribution in [0.4, 0.5) is 19.0 Å². The fraction of sp³-hybridized carbons (Fsp3) is 0.312. The van der Waals surface area contributed by atoms with E-state index in [4.69, 9.17) is 4.74 Å². The Kier molecular flexibility index (Phi) is 5.11. The number of rotatable bonds is 2. The van der Waals surface area contributed by atoms with Gasteiger partial charge in [0.15, 0.2) is 0 Å². The van der Waals surface area contributed by atoms with E-state index in [1.165, 1.54) is 6.20 Å². The topological polar surface area (TPSA) is 87.2 Å². The maximum Gasteiger partial charge on any atom is 0.420 e. The number of hydrogen-bond donors (Lipinski definition) is 2. The van der Waals surface area contributed by atoms with Crippen LogP contribution in [0.15, 0.2) is 24.5 Å². The summed E-state index contributed by atoms with van der Waals surface area (Å²) in [6.07, 6.45) is -2.67. The molecule has 3 aromatic heterocycles. The standard InChI is InChI=1S/C16H14F3N5O2.ClH/c17-16(18,19)11-8-21-15(25)23-13(11)10-7-20-14-9(10)1-2-12(22-14)24-3-5-26-6-4-24;/h1-2,7-8H,3-6H2,(H,20,22)(H,21,23,25);1H. The molecule has 144 valence electrons. The Labute approximate surface area is 157 Å². The van der Waals surface area contributed by atoms with E-state index >= 15 is 0 Å². The number of morpholine rings is 1. The quantitative estimate of drug-likeness (QED) is 0.686. The molecule has 1 fully saturated rings. The number of nitrogens with one attached hydrogen (secondary N) is 1. The molecule has 0 aromatic carbocycles. The van der Waals surface area contributed by atoms with E-state index in [0.717, 1.165) is 5.82 Å². The van der Waals surface area contributed by atoms with Gasteiger partial charge in [0.2, 0.25) is 0 Å². The summed E-state index contributed by atoms with van der Waals surface area (Å²) >= 11 is 0. The zero-order valence-electron chi connectivity index (χ0n) is 13.8. The smallest absolute Gasteiger partial charge is 0.420 e. The highest BCUT2D eigenvalue weighted by Crippen LogP contribution is 2.38. The zero-order valence-corrected chi connectivity index (χ0v) is 14.6. The number of ether oxygens (including phenoxy) is 1. The third kappa shape index (κ3) is 3.62. The van der Waals surface area contributed by atoms with Crippen molar-refractivity contribution in [2.45, 2.75) is 6.18 Å². The molecule has 0 radical (unpaired) electrons. The number of aromatic nitrogens is 4. The molecule has 3 aromatic rings. The normalized spacial score (nSPS) is 15.0. The first-order valence-corrected chi connectivity index (χ1v) is 7.88. The van der Waals surface area contributed by atoms with E-state index < -0.39 is 23.4 Å². The minimum absolute atomic E-state index is 0. The second-order valence-electron chi connectivity index (χ2n) is 5.80. The Bertz CT molecular complexity index is 957. The lowest BCUT2D eigenvalue weighted by molar-refractivity contribution is -0.137. The fourth-order valence-electron chi connectivity index (χ4n) is 2.94. The summed E-state index contributed by atoms with van der Waals surface area (Å²) in [6, 6.07) is 2.72. The number of halogens is 4. The van der Waals surface area contributed by atoms with Crippen LogP contribution >= 0.6 is 12.4 Å². The number of nitrogens with zero attached hydrogens (tertiary/aromatic N) is 4. The molecule has 0 aliphatic carbocycles. The number of hydrogen-bond acceptors (Lipinski definition) is 6. The highest BCUT2D eigenvalue weighted by Gasteiger charge is 2.36. The molecular weight excluding hydrogens is 387 g/mol. The van der Waals surface area contributed by atoms with Gasteiger partial charge in [0.25, 0.3) is 0 Å². The molecule has 0 atom stereocenters. The van der Waals surface area contributed by atoms with Crippen molar-refractivity contribution in [3.05, 3.63) is 30.1 Å². The van der Waals surface area contributed by atoms with Crippen LogP contribution in [0.1, 0.15) is 5.56 Å². The monoisotopic (exact) mass is 401 g/mol. The minimum Gasteiger partial charge on any atom is -0.479 e. The zero-order chi connectivity index (χ0) is 18.3. The Morgan fingerprint density at radius 1 is 1.15 bits per heavy atom. The lowest BCUT2D eigenvalue weighted by Crippen LogP contribution is -2.36. The van der Waals surface area contributed by atoms with E-state index in [0.29, 0.717) is 43.5 Å². The van der Waals surface area contributed by atoms with Crippen molar-refractivity contribution in [1.82, 2.24) is 19.9 Å². The predicted molar refractivity (Wildman–Crippen MR) is 94.1 cm³/mol. The molecule has 0 amide bonds. The minimum atomic E-state index is -4.65. The van der Waals surface area contributed by atoms with Gasteiger partial charge in [-0.05, 0) is 12.1 Å². The Hall–Kier alpha value is -2.59. The molecule has 0 bridgehead atoms. The summed E-state index contributed by atoms with van der Waals surface area (Å²) in [6.45, 7) is 2.60. The molecule has 1 saturated heterocycles. The average molecular weight is 402 g/mol. The van der Waals surface area contributed by atoms with Gasteiger partial charge in [-0.15, -0.1) is 12.4 Å². The lowest BCUT2D eigenvalue weighted by atomic mass is 10.1. The van der Waals surface area contributed by atoms with Crippen LogP contribution in [0.2, 0.25) is 0 Å². The van der Waals surface area contributed by atoms with Gasteiger partial charge in [-0.25, -0.2) is 9.97 Å². The number of aromatic hydroxyl groups is 1. The second kappa shape index (κ2) is 7.20. The first-order chi connectivity index (χ1) is 12.4. The Morgan fingerprint density at radius 3 is 2.59 bits per heavy atom. The molecule has 1 aliphatic heterocycles. The lowest BCUT2D eigenvalue weighted by Gasteiger charge is -2.27. The fourth-order valence-corrected chi connectivity index (χ4v) is 2.94. The molecule has 27 heavy (non-hydrogen) atoms. The molecule has 4 heterocycles. The van der Waals surface area contributed by atoms with E-state index in [1.807, 2.05) is 4.90 Å². The van der Waals surface area contributed by atoms with Crippen molar-refractivity contribution in [3.63, 3.8) is 0 Å². The second-order valence-corrected chi connectivity index (χ2v) is 5.80. The first-order valence-electron chi connectivity index (χ1n) is 7.88. The molecule has 0 saturated carbocycles. The third-order valence-corrected chi connectivity index (χ3v) is 4.20. The SMILES string of the molecule is Cl.Oc1ncc(C(F)(F)F)c(-c2c[nH]c3nc(N4CCOCC4)ccc23)n1. The Balaban J connectivity index is 0.00000210. The number of H-pyrrole nitrogens is 1. The van der Waals surface area contributed by atoms with Crippen LogP contribution in [0, 0.1) is 0 Å². The Morgan fingerprint density at radius 2 is 1.89 bits per heavy atom. The van der Waals surface area contributed by atoms with Gasteiger partial charge < -0.3 is 19.7 Å². The van der Waals surface area contributed by atoms with Crippen LogP contribution in [0.3, 0.4) is 0 Å². The molecule has 1 aliphatic rings. The number of aromatic amines is 1. The average Bonchev–Trinajstić information content (AvgIpc) is 3.04. The van der Waals surface area contributed by atoms with E-state index in [-0.39, 0.29) is 18.0 Å². The van der Waals surface area contributed by atoms with Gasteiger partial charge in [-0.2, -0.15) is 18.2 Å². The molecule has 2 N–H and O–H groups in total. The summed E-state index contributed by atoms with van der Waals surface area (Å²) in [7, 11) is 0. The summed E-state index contributed by atoms with van der Waals surface area (Å²) in [4.78, 5) is 16.3. The van der Waals surface area contributed by atoms with Crippen LogP contribution in [-0.4, -0.2) is 51.3 Å². The number of anilines is 1. The summed E-state index contributed by atoms with van der Waals surface area (Å²) in [5.41, 5.74) is -0.771. The van der Waals surface area contributed by atoms with Gasteiger partial charge in [0, 0.05) is 36.4 Å². The first kappa shape index (κ1) is 19.2. The summed E-state index contributed by atoms with van der Waals surface area (Å²) in [5.74, 6) is 0.718. The number of alkyl halides is 3. The highest BCUT2D eigenvalue weighted by molar-refractivity contribution is 5.94. The summed E-state index contributed by atoms with van der Waals surface area (Å²) in [5, 5.41) is 9.93. The highest BCUT2D eigenvalue weighted by atomic mass is 35.5. The van der Waals surface area contributed by atoms with Crippen LogP contribution < -0.4 is 4.90 Å². The van der Waals surface area contributed by atoms with Crippen molar-refractivity contribution in [2.24, 2.45) is 0 Å².